The summed E-state index contributed by atoms with van der Waals surface area (Å²) in [5.74, 6) is 0.350. The van der Waals surface area contributed by atoms with Crippen molar-refractivity contribution in [3.8, 4) is 5.75 Å². The highest BCUT2D eigenvalue weighted by Crippen LogP contribution is 1.93. The molecule has 0 heterocycles. The summed E-state index contributed by atoms with van der Waals surface area (Å²) in [5.41, 5.74) is 0. The monoisotopic (exact) mass is 178 g/mol. The van der Waals surface area contributed by atoms with Crippen molar-refractivity contribution in [3.05, 3.63) is 28.6 Å². The molecule has 0 aliphatic rings. The first-order valence-corrected chi connectivity index (χ1v) is 4.70. The molecule has 0 aromatic heterocycles. The highest BCUT2D eigenvalue weighted by molar-refractivity contribution is 5.36. The van der Waals surface area contributed by atoms with E-state index in [9.17, 15) is 5.11 Å². The second-order valence-electron chi connectivity index (χ2n) is 2.36. The van der Waals surface area contributed by atoms with Gasteiger partial charge in [0.25, 0.3) is 0 Å². The molecule has 13 heavy (non-hydrogen) atoms. The molecule has 0 atom stereocenters. The van der Waals surface area contributed by atoms with Crippen LogP contribution in [0.25, 0.3) is 12.2 Å². The Balaban J connectivity index is 0.000000671. The Hall–Kier alpha value is -1.24. The largest absolute Gasteiger partial charge is 0.507 e. The molecule has 0 aliphatic heterocycles. The quantitative estimate of drug-likeness (QED) is 0.644. The average molecular weight is 178 g/mol. The third-order valence-corrected chi connectivity index (χ3v) is 1.72. The first-order chi connectivity index (χ1) is 6.29. The molecule has 1 N–H and O–H groups in total. The molecule has 0 amide bonds. The minimum Gasteiger partial charge on any atom is -0.507 e. The van der Waals surface area contributed by atoms with Crippen LogP contribution < -0.4 is 10.4 Å². The number of phenols is 1. The van der Waals surface area contributed by atoms with Gasteiger partial charge < -0.3 is 5.11 Å². The molecule has 0 spiro atoms. The third-order valence-electron chi connectivity index (χ3n) is 1.72. The van der Waals surface area contributed by atoms with Crippen LogP contribution in [0.4, 0.5) is 0 Å². The van der Waals surface area contributed by atoms with Crippen molar-refractivity contribution in [1.29, 1.82) is 0 Å². The first kappa shape index (κ1) is 11.8. The predicted octanol–water partition coefficient (Wildman–Crippen LogP) is 2.02. The summed E-state index contributed by atoms with van der Waals surface area (Å²) in [5, 5.41) is 11.4. The first-order valence-electron chi connectivity index (χ1n) is 4.70. The summed E-state index contributed by atoms with van der Waals surface area (Å²) >= 11 is 0. The second-order valence-corrected chi connectivity index (χ2v) is 2.36. The van der Waals surface area contributed by atoms with Crippen molar-refractivity contribution in [3.63, 3.8) is 0 Å². The standard InChI is InChI=1S/C10H12O.C2H6/c1-3-8-6-5-7-10(11)9(8)4-2;1-2/h3-7,11H,1-2H3;1-2H3/b8-3-,9-4+;. The number of hydrogen-bond acceptors (Lipinski definition) is 1. The molecule has 0 aliphatic carbocycles. The van der Waals surface area contributed by atoms with Gasteiger partial charge in [-0.3, -0.25) is 0 Å². The maximum Gasteiger partial charge on any atom is 0.123 e. The van der Waals surface area contributed by atoms with Gasteiger partial charge in [-0.2, -0.15) is 0 Å². The van der Waals surface area contributed by atoms with Crippen molar-refractivity contribution >= 4 is 12.2 Å². The van der Waals surface area contributed by atoms with Crippen LogP contribution in [-0.4, -0.2) is 5.11 Å². The van der Waals surface area contributed by atoms with Crippen molar-refractivity contribution in [2.24, 2.45) is 0 Å². The molecule has 1 rings (SSSR count). The van der Waals surface area contributed by atoms with E-state index in [0.29, 0.717) is 5.75 Å². The molecule has 1 heteroatoms. The normalized spacial score (nSPS) is 12.3. The van der Waals surface area contributed by atoms with Crippen LogP contribution in [0.15, 0.2) is 18.2 Å². The number of benzene rings is 1. The van der Waals surface area contributed by atoms with Gasteiger partial charge in [-0.05, 0) is 25.1 Å². The lowest BCUT2D eigenvalue weighted by Gasteiger charge is -1.92. The van der Waals surface area contributed by atoms with Gasteiger partial charge in [-0.25, -0.2) is 0 Å². The van der Waals surface area contributed by atoms with E-state index in [1.807, 2.05) is 52.0 Å². The fourth-order valence-electron chi connectivity index (χ4n) is 1.14. The maximum absolute atomic E-state index is 9.37. The van der Waals surface area contributed by atoms with Crippen LogP contribution in [0.2, 0.25) is 0 Å². The van der Waals surface area contributed by atoms with Crippen LogP contribution in [-0.2, 0) is 0 Å². The Morgan fingerprint density at radius 2 is 1.69 bits per heavy atom. The average Bonchev–Trinajstić information content (AvgIpc) is 2.20. The van der Waals surface area contributed by atoms with Gasteiger partial charge in [-0.15, -0.1) is 0 Å². The summed E-state index contributed by atoms with van der Waals surface area (Å²) < 4.78 is 0. The molecular weight excluding hydrogens is 160 g/mol. The molecule has 0 fully saturated rings. The maximum atomic E-state index is 9.37. The van der Waals surface area contributed by atoms with E-state index >= 15 is 0 Å². The van der Waals surface area contributed by atoms with E-state index in [2.05, 4.69) is 0 Å². The lowest BCUT2D eigenvalue weighted by molar-refractivity contribution is 0.470. The Labute approximate surface area is 80.0 Å². The fraction of sp³-hybridized carbons (Fsp3) is 0.333. The van der Waals surface area contributed by atoms with E-state index in [1.165, 1.54) is 0 Å². The van der Waals surface area contributed by atoms with Gasteiger partial charge >= 0.3 is 0 Å². The zero-order valence-electron chi connectivity index (χ0n) is 8.83. The number of phenolic OH excluding ortho intramolecular Hbond substituents is 1. The molecule has 0 radical (unpaired) electrons. The fourth-order valence-corrected chi connectivity index (χ4v) is 1.14. The zero-order valence-corrected chi connectivity index (χ0v) is 8.83. The van der Waals surface area contributed by atoms with Crippen molar-refractivity contribution in [1.82, 2.24) is 0 Å². The number of aromatic hydroxyl groups is 1. The smallest absolute Gasteiger partial charge is 0.123 e. The van der Waals surface area contributed by atoms with Crippen LogP contribution in [0.1, 0.15) is 27.7 Å². The van der Waals surface area contributed by atoms with Gasteiger partial charge in [-0.1, -0.05) is 38.1 Å². The van der Waals surface area contributed by atoms with Crippen LogP contribution in [0.5, 0.6) is 5.75 Å². The zero-order chi connectivity index (χ0) is 10.3. The number of hydrogen-bond donors (Lipinski definition) is 1. The van der Waals surface area contributed by atoms with Gasteiger partial charge in [0, 0.05) is 5.22 Å². The van der Waals surface area contributed by atoms with Gasteiger partial charge in [0.1, 0.15) is 5.75 Å². The summed E-state index contributed by atoms with van der Waals surface area (Å²) in [6.45, 7) is 7.88. The van der Waals surface area contributed by atoms with E-state index in [1.54, 1.807) is 6.07 Å². The minimum atomic E-state index is 0.350. The van der Waals surface area contributed by atoms with Crippen molar-refractivity contribution < 1.29 is 5.11 Å². The van der Waals surface area contributed by atoms with E-state index in [-0.39, 0.29) is 0 Å². The van der Waals surface area contributed by atoms with E-state index in [0.717, 1.165) is 10.4 Å². The molecule has 0 unspecified atom stereocenters. The number of rotatable bonds is 0. The molecule has 0 bridgehead atoms. The summed E-state index contributed by atoms with van der Waals surface area (Å²) in [4.78, 5) is 0. The molecule has 0 saturated carbocycles. The van der Waals surface area contributed by atoms with Crippen LogP contribution in [0, 0.1) is 0 Å². The summed E-state index contributed by atoms with van der Waals surface area (Å²) in [7, 11) is 0. The van der Waals surface area contributed by atoms with Crippen molar-refractivity contribution in [2.75, 3.05) is 0 Å². The van der Waals surface area contributed by atoms with Crippen molar-refractivity contribution in [2.45, 2.75) is 27.7 Å². The molecule has 72 valence electrons. The molecule has 1 aromatic carbocycles. The molecule has 1 aromatic rings. The summed E-state index contributed by atoms with van der Waals surface area (Å²) in [6.07, 6.45) is 3.89. The Bertz CT molecular complexity index is 350. The lowest BCUT2D eigenvalue weighted by atomic mass is 10.2. The molecule has 1 nitrogen and oxygen atoms in total. The summed E-state index contributed by atoms with van der Waals surface area (Å²) in [6, 6.07) is 5.52. The third kappa shape index (κ3) is 2.94. The topological polar surface area (TPSA) is 20.2 Å². The second kappa shape index (κ2) is 6.30. The van der Waals surface area contributed by atoms with E-state index in [4.69, 9.17) is 0 Å². The molecular formula is C12H18O. The Morgan fingerprint density at radius 3 is 2.08 bits per heavy atom. The Morgan fingerprint density at radius 1 is 1.08 bits per heavy atom. The highest BCUT2D eigenvalue weighted by Gasteiger charge is 1.88. The van der Waals surface area contributed by atoms with Crippen LogP contribution in [0.3, 0.4) is 0 Å². The minimum absolute atomic E-state index is 0.350. The van der Waals surface area contributed by atoms with E-state index < -0.39 is 0 Å². The van der Waals surface area contributed by atoms with Crippen LogP contribution >= 0.6 is 0 Å². The SMILES string of the molecule is C/C=c1/cccc(O)/c1=C/C.CC. The van der Waals surface area contributed by atoms with Gasteiger partial charge in [0.2, 0.25) is 0 Å². The highest BCUT2D eigenvalue weighted by atomic mass is 16.3. The Kier molecular flexibility index (Phi) is 5.69. The lowest BCUT2D eigenvalue weighted by Crippen LogP contribution is -2.23. The van der Waals surface area contributed by atoms with Gasteiger partial charge in [0.05, 0.1) is 0 Å². The van der Waals surface area contributed by atoms with Gasteiger partial charge in [0.15, 0.2) is 0 Å². The predicted molar refractivity (Wildman–Crippen MR) is 59.0 cm³/mol. The molecule has 0 saturated heterocycles.